The van der Waals surface area contributed by atoms with Crippen LogP contribution < -0.4 is 11.6 Å². The summed E-state index contributed by atoms with van der Waals surface area (Å²) in [5, 5.41) is 0. The van der Waals surface area contributed by atoms with Crippen molar-refractivity contribution in [3.63, 3.8) is 0 Å². The molecule has 13 heavy (non-hydrogen) atoms. The van der Waals surface area contributed by atoms with Gasteiger partial charge in [0.05, 0.1) is 11.9 Å². The Bertz CT molecular complexity index is 405. The van der Waals surface area contributed by atoms with Crippen molar-refractivity contribution in [2.45, 2.75) is 0 Å². The van der Waals surface area contributed by atoms with Gasteiger partial charge in [0.2, 0.25) is 5.95 Å². The van der Waals surface area contributed by atoms with Crippen molar-refractivity contribution in [1.29, 1.82) is 0 Å². The van der Waals surface area contributed by atoms with Gasteiger partial charge in [-0.1, -0.05) is 30.3 Å². The quantitative estimate of drug-likeness (QED) is 0.629. The first kappa shape index (κ1) is 7.67. The second kappa shape index (κ2) is 2.82. The standard InChI is InChI=1S/C9H10N4/c10-9-12-6-8(13(9)11)7-4-2-1-3-5-7/h1-6H,11H2,(H2,10,12). The maximum Gasteiger partial charge on any atom is 0.219 e. The summed E-state index contributed by atoms with van der Waals surface area (Å²) in [6.45, 7) is 0. The molecule has 66 valence electrons. The Morgan fingerprint density at radius 1 is 1.15 bits per heavy atom. The molecule has 1 aromatic carbocycles. The van der Waals surface area contributed by atoms with Crippen LogP contribution in [-0.2, 0) is 0 Å². The topological polar surface area (TPSA) is 69.9 Å². The number of imidazole rings is 1. The highest BCUT2D eigenvalue weighted by molar-refractivity contribution is 5.60. The zero-order valence-corrected chi connectivity index (χ0v) is 7.01. The number of nitrogens with two attached hydrogens (primary N) is 2. The normalized spacial score (nSPS) is 10.2. The lowest BCUT2D eigenvalue weighted by atomic mass is 10.2. The Labute approximate surface area is 75.8 Å². The summed E-state index contributed by atoms with van der Waals surface area (Å²) in [5.41, 5.74) is 7.33. The third kappa shape index (κ3) is 1.22. The van der Waals surface area contributed by atoms with Gasteiger partial charge in [0, 0.05) is 5.56 Å². The fourth-order valence-electron chi connectivity index (χ4n) is 1.20. The van der Waals surface area contributed by atoms with Crippen molar-refractivity contribution in [1.82, 2.24) is 9.66 Å². The van der Waals surface area contributed by atoms with Crippen molar-refractivity contribution in [2.75, 3.05) is 11.6 Å². The van der Waals surface area contributed by atoms with Gasteiger partial charge in [0.15, 0.2) is 0 Å². The fourth-order valence-corrected chi connectivity index (χ4v) is 1.20. The maximum absolute atomic E-state index is 5.66. The minimum Gasteiger partial charge on any atom is -0.368 e. The van der Waals surface area contributed by atoms with E-state index in [1.807, 2.05) is 30.3 Å². The third-order valence-electron chi connectivity index (χ3n) is 1.90. The third-order valence-corrected chi connectivity index (χ3v) is 1.90. The molecule has 0 radical (unpaired) electrons. The maximum atomic E-state index is 5.66. The molecule has 0 atom stereocenters. The molecule has 0 spiro atoms. The summed E-state index contributed by atoms with van der Waals surface area (Å²) in [6, 6.07) is 9.75. The van der Waals surface area contributed by atoms with Crippen LogP contribution in [0.3, 0.4) is 0 Å². The van der Waals surface area contributed by atoms with Crippen LogP contribution >= 0.6 is 0 Å². The highest BCUT2D eigenvalue weighted by atomic mass is 15.4. The number of hydrogen-bond acceptors (Lipinski definition) is 3. The van der Waals surface area contributed by atoms with E-state index in [-0.39, 0.29) is 0 Å². The Kier molecular flexibility index (Phi) is 1.66. The Morgan fingerprint density at radius 2 is 1.85 bits per heavy atom. The van der Waals surface area contributed by atoms with Crippen molar-refractivity contribution >= 4 is 5.95 Å². The minimum atomic E-state index is 0.318. The Morgan fingerprint density at radius 3 is 2.38 bits per heavy atom. The van der Waals surface area contributed by atoms with Gasteiger partial charge in [-0.05, 0) is 0 Å². The van der Waals surface area contributed by atoms with E-state index in [2.05, 4.69) is 4.98 Å². The molecule has 1 aromatic heterocycles. The monoisotopic (exact) mass is 174 g/mol. The highest BCUT2D eigenvalue weighted by Gasteiger charge is 2.04. The average Bonchev–Trinajstić information content (AvgIpc) is 2.49. The van der Waals surface area contributed by atoms with Crippen molar-refractivity contribution < 1.29 is 0 Å². The predicted octanol–water partition coefficient (Wildman–Crippen LogP) is 0.846. The molecule has 2 aromatic rings. The number of aromatic nitrogens is 2. The predicted molar refractivity (Wildman–Crippen MR) is 52.2 cm³/mol. The molecule has 0 unspecified atom stereocenters. The molecule has 0 aliphatic heterocycles. The van der Waals surface area contributed by atoms with Gasteiger partial charge in [-0.3, -0.25) is 0 Å². The van der Waals surface area contributed by atoms with Gasteiger partial charge in [-0.15, -0.1) is 0 Å². The Hall–Kier alpha value is -1.97. The molecule has 4 N–H and O–H groups in total. The lowest BCUT2D eigenvalue weighted by Gasteiger charge is -2.01. The van der Waals surface area contributed by atoms with E-state index in [1.165, 1.54) is 4.68 Å². The Balaban J connectivity index is 2.53. The van der Waals surface area contributed by atoms with Crippen LogP contribution in [0.25, 0.3) is 11.3 Å². The summed E-state index contributed by atoms with van der Waals surface area (Å²) in [7, 11) is 0. The van der Waals surface area contributed by atoms with Crippen LogP contribution in [0.1, 0.15) is 0 Å². The molecule has 0 fully saturated rings. The number of benzene rings is 1. The molecule has 0 aliphatic rings. The first-order valence-corrected chi connectivity index (χ1v) is 3.93. The van der Waals surface area contributed by atoms with Gasteiger partial charge < -0.3 is 11.6 Å². The number of hydrogen-bond donors (Lipinski definition) is 2. The van der Waals surface area contributed by atoms with Gasteiger partial charge in [0.1, 0.15) is 0 Å². The lowest BCUT2D eigenvalue weighted by molar-refractivity contribution is 1.03. The summed E-state index contributed by atoms with van der Waals surface area (Å²) < 4.78 is 1.37. The zero-order valence-electron chi connectivity index (χ0n) is 7.01. The van der Waals surface area contributed by atoms with Crippen LogP contribution in [0.15, 0.2) is 36.5 Å². The molecule has 1 heterocycles. The summed E-state index contributed by atoms with van der Waals surface area (Å²) >= 11 is 0. The van der Waals surface area contributed by atoms with Crippen molar-refractivity contribution in [3.05, 3.63) is 36.5 Å². The molecular formula is C9H10N4. The van der Waals surface area contributed by atoms with Gasteiger partial charge in [-0.25, -0.2) is 9.66 Å². The van der Waals surface area contributed by atoms with Gasteiger partial charge in [0.25, 0.3) is 0 Å². The molecule has 0 bridgehead atoms. The molecule has 0 amide bonds. The van der Waals surface area contributed by atoms with E-state index in [0.717, 1.165) is 11.3 Å². The van der Waals surface area contributed by atoms with Crippen molar-refractivity contribution in [2.24, 2.45) is 0 Å². The highest BCUT2D eigenvalue weighted by Crippen LogP contribution is 2.18. The summed E-state index contributed by atoms with van der Waals surface area (Å²) in [5.74, 6) is 5.98. The number of nitrogen functional groups attached to an aromatic ring is 2. The molecule has 2 rings (SSSR count). The van der Waals surface area contributed by atoms with E-state index < -0.39 is 0 Å². The largest absolute Gasteiger partial charge is 0.368 e. The molecule has 4 heteroatoms. The van der Waals surface area contributed by atoms with Crippen molar-refractivity contribution in [3.8, 4) is 11.3 Å². The second-order valence-corrected chi connectivity index (χ2v) is 2.74. The van der Waals surface area contributed by atoms with Crippen LogP contribution in [0.2, 0.25) is 0 Å². The first-order chi connectivity index (χ1) is 6.29. The molecular weight excluding hydrogens is 164 g/mol. The number of anilines is 1. The van der Waals surface area contributed by atoms with E-state index >= 15 is 0 Å². The van der Waals surface area contributed by atoms with E-state index in [9.17, 15) is 0 Å². The number of nitrogens with zero attached hydrogens (tertiary/aromatic N) is 2. The lowest BCUT2D eigenvalue weighted by Crippen LogP contribution is -2.13. The van der Waals surface area contributed by atoms with Crippen LogP contribution in [0.4, 0.5) is 5.95 Å². The summed E-state index contributed by atoms with van der Waals surface area (Å²) in [6.07, 6.45) is 1.66. The van der Waals surface area contributed by atoms with E-state index in [0.29, 0.717) is 5.95 Å². The van der Waals surface area contributed by atoms with E-state index in [4.69, 9.17) is 11.6 Å². The molecule has 4 nitrogen and oxygen atoms in total. The smallest absolute Gasteiger partial charge is 0.219 e. The first-order valence-electron chi connectivity index (χ1n) is 3.93. The molecule has 0 aliphatic carbocycles. The molecule has 0 saturated carbocycles. The van der Waals surface area contributed by atoms with E-state index in [1.54, 1.807) is 6.20 Å². The SMILES string of the molecule is Nc1ncc(-c2ccccc2)n1N. The summed E-state index contributed by atoms with van der Waals surface area (Å²) in [4.78, 5) is 3.91. The fraction of sp³-hybridized carbons (Fsp3) is 0. The zero-order chi connectivity index (χ0) is 9.26. The van der Waals surface area contributed by atoms with Crippen LogP contribution in [0.5, 0.6) is 0 Å². The van der Waals surface area contributed by atoms with Gasteiger partial charge in [-0.2, -0.15) is 0 Å². The minimum absolute atomic E-state index is 0.318. The number of rotatable bonds is 1. The second-order valence-electron chi connectivity index (χ2n) is 2.74. The van der Waals surface area contributed by atoms with Gasteiger partial charge >= 0.3 is 0 Å². The van der Waals surface area contributed by atoms with Crippen LogP contribution in [-0.4, -0.2) is 9.66 Å². The van der Waals surface area contributed by atoms with Crippen LogP contribution in [0, 0.1) is 0 Å². The molecule has 0 saturated heterocycles. The average molecular weight is 174 g/mol.